The van der Waals surface area contributed by atoms with Gasteiger partial charge in [-0.1, -0.05) is 67.3 Å². The lowest BCUT2D eigenvalue weighted by Gasteiger charge is -2.37. The number of nitro benzene ring substituents is 1. The van der Waals surface area contributed by atoms with Gasteiger partial charge in [-0.3, -0.25) is 24.5 Å². The van der Waals surface area contributed by atoms with Gasteiger partial charge in [0.1, 0.15) is 0 Å². The summed E-state index contributed by atoms with van der Waals surface area (Å²) in [6, 6.07) is 13.0. The Kier molecular flexibility index (Phi) is 6.77. The van der Waals surface area contributed by atoms with Crippen LogP contribution in [0.5, 0.6) is 0 Å². The van der Waals surface area contributed by atoms with E-state index in [1.807, 2.05) is 6.92 Å². The summed E-state index contributed by atoms with van der Waals surface area (Å²) in [6.07, 6.45) is 4.85. The molecule has 1 aliphatic carbocycles. The van der Waals surface area contributed by atoms with Crippen molar-refractivity contribution >= 4 is 23.3 Å². The molecule has 1 N–H and O–H groups in total. The number of nitrogens with one attached hydrogen (secondary N) is 1. The van der Waals surface area contributed by atoms with Crippen LogP contribution in [0, 0.1) is 17.0 Å². The second kappa shape index (κ2) is 9.75. The lowest BCUT2D eigenvalue weighted by atomic mass is 9.84. The lowest BCUT2D eigenvalue weighted by Crippen LogP contribution is -2.62. The number of hydrogen-bond donors (Lipinski definition) is 1. The summed E-state index contributed by atoms with van der Waals surface area (Å²) in [6.45, 7) is 1.71. The normalized spacial score (nSPS) is 20.9. The number of Topliss-reactive ketones (excluding diaryl/α,β-unsaturated/α-hetero) is 1. The van der Waals surface area contributed by atoms with Crippen molar-refractivity contribution in [2.75, 3.05) is 0 Å². The van der Waals surface area contributed by atoms with Crippen molar-refractivity contribution in [3.63, 3.8) is 0 Å². The third-order valence-electron chi connectivity index (χ3n) is 6.98. The molecule has 2 aromatic carbocycles. The molecule has 1 saturated heterocycles. The number of nitrogens with zero attached hydrogens (tertiary/aromatic N) is 2. The molecule has 0 bridgehead atoms. The van der Waals surface area contributed by atoms with Crippen molar-refractivity contribution in [1.82, 2.24) is 10.2 Å². The Balaban J connectivity index is 1.76. The molecule has 0 spiro atoms. The van der Waals surface area contributed by atoms with Gasteiger partial charge in [0, 0.05) is 29.7 Å². The zero-order chi connectivity index (χ0) is 24.3. The van der Waals surface area contributed by atoms with Gasteiger partial charge >= 0.3 is 0 Å². The molecule has 34 heavy (non-hydrogen) atoms. The molecule has 1 heterocycles. The number of likely N-dealkylation sites (tertiary alicyclic amines) is 1. The van der Waals surface area contributed by atoms with Gasteiger partial charge in [0.2, 0.25) is 5.91 Å². The minimum atomic E-state index is -1.74. The second-order valence-corrected chi connectivity index (χ2v) is 9.23. The van der Waals surface area contributed by atoms with Gasteiger partial charge in [-0.05, 0) is 26.2 Å². The largest absolute Gasteiger partial charge is 0.351 e. The Morgan fingerprint density at radius 3 is 2.44 bits per heavy atom. The molecule has 1 aliphatic heterocycles. The van der Waals surface area contributed by atoms with Gasteiger partial charge in [0.15, 0.2) is 11.3 Å². The molecule has 8 heteroatoms. The first-order valence-corrected chi connectivity index (χ1v) is 11.8. The summed E-state index contributed by atoms with van der Waals surface area (Å²) >= 11 is 0. The maximum atomic E-state index is 13.9. The van der Waals surface area contributed by atoms with Crippen molar-refractivity contribution in [2.45, 2.75) is 70.0 Å². The zero-order valence-corrected chi connectivity index (χ0v) is 19.3. The Morgan fingerprint density at radius 1 is 1.09 bits per heavy atom. The average molecular weight is 464 g/mol. The van der Waals surface area contributed by atoms with Crippen molar-refractivity contribution in [1.29, 1.82) is 0 Å². The molecule has 2 aromatic rings. The topological polar surface area (TPSA) is 110 Å². The van der Waals surface area contributed by atoms with Crippen LogP contribution in [0.2, 0.25) is 0 Å². The predicted octanol–water partition coefficient (Wildman–Crippen LogP) is 4.10. The van der Waals surface area contributed by atoms with Crippen molar-refractivity contribution in [2.24, 2.45) is 0 Å². The molecule has 2 fully saturated rings. The Morgan fingerprint density at radius 2 is 1.76 bits per heavy atom. The maximum Gasteiger partial charge on any atom is 0.274 e. The van der Waals surface area contributed by atoms with Crippen LogP contribution in [0.15, 0.2) is 48.5 Å². The van der Waals surface area contributed by atoms with Gasteiger partial charge in [0.25, 0.3) is 11.6 Å². The highest BCUT2D eigenvalue weighted by Crippen LogP contribution is 2.37. The molecule has 0 radical (unpaired) electrons. The molecule has 2 aliphatic rings. The van der Waals surface area contributed by atoms with Crippen LogP contribution in [0.1, 0.15) is 66.4 Å². The number of para-hydroxylation sites is 1. The first-order chi connectivity index (χ1) is 16.3. The first kappa shape index (κ1) is 23.6. The quantitative estimate of drug-likeness (QED) is 0.288. The first-order valence-electron chi connectivity index (χ1n) is 11.8. The van der Waals surface area contributed by atoms with Gasteiger partial charge in [-0.15, -0.1) is 0 Å². The number of aryl methyl sites for hydroxylation is 1. The van der Waals surface area contributed by atoms with E-state index in [0.29, 0.717) is 5.56 Å². The van der Waals surface area contributed by atoms with E-state index < -0.39 is 22.2 Å². The molecular formula is C26H29N3O5. The average Bonchev–Trinajstić information content (AvgIpc) is 3.17. The van der Waals surface area contributed by atoms with Crippen molar-refractivity contribution in [3.8, 4) is 0 Å². The van der Waals surface area contributed by atoms with Crippen molar-refractivity contribution < 1.29 is 19.3 Å². The number of hydrogen-bond acceptors (Lipinski definition) is 5. The zero-order valence-electron chi connectivity index (χ0n) is 19.3. The van der Waals surface area contributed by atoms with Crippen LogP contribution in [0.25, 0.3) is 0 Å². The summed E-state index contributed by atoms with van der Waals surface area (Å²) in [5.41, 5.74) is -0.294. The maximum absolute atomic E-state index is 13.9. The molecular weight excluding hydrogens is 434 g/mol. The van der Waals surface area contributed by atoms with E-state index in [9.17, 15) is 24.5 Å². The number of benzene rings is 2. The van der Waals surface area contributed by atoms with Crippen molar-refractivity contribution in [3.05, 3.63) is 75.3 Å². The lowest BCUT2D eigenvalue weighted by molar-refractivity contribution is -0.385. The molecule has 178 valence electrons. The highest BCUT2D eigenvalue weighted by molar-refractivity contribution is 6.20. The third kappa shape index (κ3) is 4.44. The number of amides is 2. The molecule has 8 nitrogen and oxygen atoms in total. The standard InChI is InChI=1S/C26H29N3O5/c1-18-11-13-19(14-12-18)24(31)26(25(32)27-21-8-3-2-4-9-21)16-15-23(30)28(26)17-20-7-5-6-10-22(20)29(33)34/h5-7,10-14,21H,2-4,8-9,15-17H2,1H3,(H,27,32). The van der Waals surface area contributed by atoms with Gasteiger partial charge in [-0.2, -0.15) is 0 Å². The Hall–Kier alpha value is -3.55. The van der Waals surface area contributed by atoms with E-state index in [1.54, 1.807) is 42.5 Å². The van der Waals surface area contributed by atoms with E-state index in [0.717, 1.165) is 37.7 Å². The van der Waals surface area contributed by atoms with Gasteiger partial charge in [-0.25, -0.2) is 0 Å². The molecule has 1 atom stereocenters. The minimum Gasteiger partial charge on any atom is -0.351 e. The number of ketones is 1. The SMILES string of the molecule is Cc1ccc(C(=O)C2(C(=O)NC3CCCCC3)CCC(=O)N2Cc2ccccc2[N+](=O)[O-])cc1. The summed E-state index contributed by atoms with van der Waals surface area (Å²) in [5, 5.41) is 14.6. The van der Waals surface area contributed by atoms with E-state index >= 15 is 0 Å². The third-order valence-corrected chi connectivity index (χ3v) is 6.98. The Labute approximate surface area is 198 Å². The summed E-state index contributed by atoms with van der Waals surface area (Å²) in [7, 11) is 0. The van der Waals surface area contributed by atoms with E-state index in [2.05, 4.69) is 5.32 Å². The fraction of sp³-hybridized carbons (Fsp3) is 0.423. The van der Waals surface area contributed by atoms with Crippen LogP contribution in [-0.4, -0.2) is 39.0 Å². The smallest absolute Gasteiger partial charge is 0.274 e. The predicted molar refractivity (Wildman–Crippen MR) is 126 cm³/mol. The van der Waals surface area contributed by atoms with Crippen LogP contribution in [0.4, 0.5) is 5.69 Å². The summed E-state index contributed by atoms with van der Waals surface area (Å²) < 4.78 is 0. The number of rotatable bonds is 7. The van der Waals surface area contributed by atoms with Crippen LogP contribution < -0.4 is 5.32 Å². The fourth-order valence-corrected chi connectivity index (χ4v) is 5.06. The van der Waals surface area contributed by atoms with Crippen LogP contribution in [-0.2, 0) is 16.1 Å². The monoisotopic (exact) mass is 463 g/mol. The van der Waals surface area contributed by atoms with Crippen LogP contribution in [0.3, 0.4) is 0 Å². The highest BCUT2D eigenvalue weighted by atomic mass is 16.6. The summed E-state index contributed by atoms with van der Waals surface area (Å²) in [5.74, 6) is -1.31. The molecule has 4 rings (SSSR count). The number of carbonyl (C=O) groups excluding carboxylic acids is 3. The fourth-order valence-electron chi connectivity index (χ4n) is 5.06. The second-order valence-electron chi connectivity index (χ2n) is 9.23. The molecule has 0 aromatic heterocycles. The van der Waals surface area contributed by atoms with Crippen LogP contribution >= 0.6 is 0 Å². The number of nitro groups is 1. The van der Waals surface area contributed by atoms with Gasteiger partial charge in [0.05, 0.1) is 11.5 Å². The minimum absolute atomic E-state index is 0.0241. The highest BCUT2D eigenvalue weighted by Gasteiger charge is 2.57. The Bertz CT molecular complexity index is 1110. The molecule has 2 amide bonds. The van der Waals surface area contributed by atoms with E-state index in [-0.39, 0.29) is 42.6 Å². The number of carbonyl (C=O) groups is 3. The van der Waals surface area contributed by atoms with Gasteiger partial charge < -0.3 is 10.2 Å². The molecule has 1 unspecified atom stereocenters. The molecule has 1 saturated carbocycles. The van der Waals surface area contributed by atoms with E-state index in [4.69, 9.17) is 0 Å². The summed E-state index contributed by atoms with van der Waals surface area (Å²) in [4.78, 5) is 53.2. The van der Waals surface area contributed by atoms with E-state index in [1.165, 1.54) is 11.0 Å².